The van der Waals surface area contributed by atoms with Gasteiger partial charge in [-0.15, -0.1) is 0 Å². The molecule has 0 aliphatic carbocycles. The van der Waals surface area contributed by atoms with Crippen LogP contribution in [0.25, 0.3) is 0 Å². The number of anilines is 2. The van der Waals surface area contributed by atoms with E-state index >= 15 is 0 Å². The number of amides is 2. The second kappa shape index (κ2) is 10.5. The molecule has 8 heteroatoms. The molecule has 3 aromatic carbocycles. The van der Waals surface area contributed by atoms with Crippen LogP contribution in [0.15, 0.2) is 66.7 Å². The van der Waals surface area contributed by atoms with Crippen LogP contribution < -0.4 is 25.2 Å². The smallest absolute Gasteiger partial charge is 0.243 e. The van der Waals surface area contributed by atoms with Crippen LogP contribution in [0.2, 0.25) is 5.02 Å². The minimum Gasteiger partial charge on any atom is -0.493 e. The topological polar surface area (TPSA) is 79.9 Å². The lowest BCUT2D eigenvalue weighted by Gasteiger charge is -2.17. The van der Waals surface area contributed by atoms with E-state index < -0.39 is 5.92 Å². The SMILES string of the molecule is COc1cc(NNC(=O)[C@@H]2CC(=O)N(c3ccc(C)cc3)C2)ccc1OCc1ccc(Cl)cc1. The first-order chi connectivity index (χ1) is 16.4. The summed E-state index contributed by atoms with van der Waals surface area (Å²) in [5.74, 6) is 0.349. The molecular weight excluding hydrogens is 454 g/mol. The molecule has 0 unspecified atom stereocenters. The van der Waals surface area contributed by atoms with Gasteiger partial charge in [0.1, 0.15) is 6.61 Å². The number of carbonyl (C=O) groups is 2. The number of halogens is 1. The van der Waals surface area contributed by atoms with Crippen LogP contribution in [-0.2, 0) is 16.2 Å². The molecule has 1 heterocycles. The molecule has 1 fully saturated rings. The second-order valence-electron chi connectivity index (χ2n) is 8.14. The van der Waals surface area contributed by atoms with Crippen molar-refractivity contribution in [3.8, 4) is 11.5 Å². The molecule has 2 N–H and O–H groups in total. The van der Waals surface area contributed by atoms with Gasteiger partial charge < -0.3 is 14.4 Å². The lowest BCUT2D eigenvalue weighted by atomic mass is 10.1. The Bertz CT molecular complexity index is 1170. The molecule has 4 rings (SSSR count). The Kier molecular flexibility index (Phi) is 7.23. The summed E-state index contributed by atoms with van der Waals surface area (Å²) in [6.07, 6.45) is 0.169. The van der Waals surface area contributed by atoms with E-state index in [1.165, 1.54) is 0 Å². The normalized spacial score (nSPS) is 15.2. The van der Waals surface area contributed by atoms with E-state index in [1.54, 1.807) is 30.2 Å². The molecule has 176 valence electrons. The molecule has 0 radical (unpaired) electrons. The van der Waals surface area contributed by atoms with Gasteiger partial charge in [-0.25, -0.2) is 0 Å². The van der Waals surface area contributed by atoms with E-state index in [0.29, 0.717) is 35.4 Å². The summed E-state index contributed by atoms with van der Waals surface area (Å²) in [5, 5.41) is 0.670. The fourth-order valence-corrected chi connectivity index (χ4v) is 3.83. The first kappa shape index (κ1) is 23.4. The van der Waals surface area contributed by atoms with Crippen molar-refractivity contribution in [3.05, 3.63) is 82.9 Å². The third kappa shape index (κ3) is 5.61. The minimum atomic E-state index is -0.440. The fraction of sp³-hybridized carbons (Fsp3) is 0.231. The predicted molar refractivity (Wildman–Crippen MR) is 132 cm³/mol. The summed E-state index contributed by atoms with van der Waals surface area (Å²) < 4.78 is 11.3. The third-order valence-corrected chi connectivity index (χ3v) is 5.89. The molecule has 0 saturated carbocycles. The lowest BCUT2D eigenvalue weighted by Crippen LogP contribution is -2.36. The Balaban J connectivity index is 1.33. The summed E-state index contributed by atoms with van der Waals surface area (Å²) in [6, 6.07) is 20.4. The molecule has 2 amide bonds. The Labute approximate surface area is 203 Å². The number of hydrazine groups is 1. The number of ether oxygens (including phenoxy) is 2. The second-order valence-corrected chi connectivity index (χ2v) is 8.57. The van der Waals surface area contributed by atoms with E-state index in [0.717, 1.165) is 16.8 Å². The van der Waals surface area contributed by atoms with E-state index in [2.05, 4.69) is 10.9 Å². The first-order valence-electron chi connectivity index (χ1n) is 10.9. The van der Waals surface area contributed by atoms with Gasteiger partial charge in [0.15, 0.2) is 11.5 Å². The van der Waals surface area contributed by atoms with Crippen LogP contribution >= 0.6 is 11.6 Å². The number of rotatable bonds is 8. The monoisotopic (exact) mass is 479 g/mol. The Morgan fingerprint density at radius 1 is 1.06 bits per heavy atom. The number of carbonyl (C=O) groups excluding carboxylic acids is 2. The van der Waals surface area contributed by atoms with E-state index in [-0.39, 0.29) is 18.2 Å². The standard InChI is InChI=1S/C26H26ClN3O4/c1-17-3-10-22(11-4-17)30-15-19(13-25(30)31)26(32)29-28-21-9-12-23(24(14-21)33-2)34-16-18-5-7-20(27)8-6-18/h3-12,14,19,28H,13,15-16H2,1-2H3,(H,29,32)/t19-/m1/s1. The molecule has 3 aromatic rings. The summed E-state index contributed by atoms with van der Waals surface area (Å²) in [5.41, 5.74) is 9.13. The zero-order chi connectivity index (χ0) is 24.1. The van der Waals surface area contributed by atoms with Gasteiger partial charge in [-0.05, 0) is 48.9 Å². The van der Waals surface area contributed by atoms with Crippen molar-refractivity contribution < 1.29 is 19.1 Å². The molecule has 0 bridgehead atoms. The quantitative estimate of drug-likeness (QED) is 0.456. The van der Waals surface area contributed by atoms with Crippen molar-refractivity contribution in [2.24, 2.45) is 5.92 Å². The van der Waals surface area contributed by atoms with Crippen LogP contribution in [-0.4, -0.2) is 25.5 Å². The number of hydrogen-bond acceptors (Lipinski definition) is 5. The average Bonchev–Trinajstić information content (AvgIpc) is 3.24. The van der Waals surface area contributed by atoms with Gasteiger partial charge in [-0.1, -0.05) is 41.4 Å². The van der Waals surface area contributed by atoms with Crippen molar-refractivity contribution >= 4 is 34.8 Å². The molecule has 0 aromatic heterocycles. The fourth-order valence-electron chi connectivity index (χ4n) is 3.70. The van der Waals surface area contributed by atoms with Crippen LogP contribution in [0.3, 0.4) is 0 Å². The highest BCUT2D eigenvalue weighted by Crippen LogP contribution is 2.31. The maximum atomic E-state index is 12.7. The Morgan fingerprint density at radius 2 is 1.79 bits per heavy atom. The number of hydrogen-bond donors (Lipinski definition) is 2. The van der Waals surface area contributed by atoms with Gasteiger partial charge in [0.25, 0.3) is 0 Å². The minimum absolute atomic E-state index is 0.0622. The highest BCUT2D eigenvalue weighted by atomic mass is 35.5. The number of aryl methyl sites for hydroxylation is 1. The van der Waals surface area contributed by atoms with E-state index in [1.807, 2.05) is 55.5 Å². The van der Waals surface area contributed by atoms with Gasteiger partial charge in [0, 0.05) is 29.7 Å². The van der Waals surface area contributed by atoms with E-state index in [9.17, 15) is 9.59 Å². The van der Waals surface area contributed by atoms with Crippen molar-refractivity contribution in [2.75, 3.05) is 24.0 Å². The summed E-state index contributed by atoms with van der Waals surface area (Å²) in [4.78, 5) is 26.8. The van der Waals surface area contributed by atoms with Gasteiger partial charge in [-0.3, -0.25) is 20.4 Å². The summed E-state index contributed by atoms with van der Waals surface area (Å²) >= 11 is 5.92. The molecule has 1 saturated heterocycles. The summed E-state index contributed by atoms with van der Waals surface area (Å²) in [6.45, 7) is 2.70. The number of methoxy groups -OCH3 is 1. The zero-order valence-corrected chi connectivity index (χ0v) is 19.8. The largest absolute Gasteiger partial charge is 0.493 e. The Morgan fingerprint density at radius 3 is 2.50 bits per heavy atom. The van der Waals surface area contributed by atoms with Crippen LogP contribution in [0, 0.1) is 12.8 Å². The van der Waals surface area contributed by atoms with Crippen molar-refractivity contribution in [1.29, 1.82) is 0 Å². The number of nitrogens with zero attached hydrogens (tertiary/aromatic N) is 1. The Hall–Kier alpha value is -3.71. The molecule has 1 aliphatic heterocycles. The molecule has 34 heavy (non-hydrogen) atoms. The number of benzene rings is 3. The highest BCUT2D eigenvalue weighted by molar-refractivity contribution is 6.30. The van der Waals surface area contributed by atoms with Crippen LogP contribution in [0.1, 0.15) is 17.5 Å². The van der Waals surface area contributed by atoms with Gasteiger partial charge in [-0.2, -0.15) is 0 Å². The maximum absolute atomic E-state index is 12.7. The lowest BCUT2D eigenvalue weighted by molar-refractivity contribution is -0.125. The van der Waals surface area contributed by atoms with Crippen LogP contribution in [0.4, 0.5) is 11.4 Å². The first-order valence-corrected chi connectivity index (χ1v) is 11.3. The molecule has 1 atom stereocenters. The predicted octanol–water partition coefficient (Wildman–Crippen LogP) is 4.73. The highest BCUT2D eigenvalue weighted by Gasteiger charge is 2.35. The van der Waals surface area contributed by atoms with E-state index in [4.69, 9.17) is 21.1 Å². The van der Waals surface area contributed by atoms with Crippen LogP contribution in [0.5, 0.6) is 11.5 Å². The third-order valence-electron chi connectivity index (χ3n) is 5.64. The molecule has 1 aliphatic rings. The number of nitrogens with one attached hydrogen (secondary N) is 2. The summed E-state index contributed by atoms with van der Waals surface area (Å²) in [7, 11) is 1.55. The molecule has 7 nitrogen and oxygen atoms in total. The van der Waals surface area contributed by atoms with Gasteiger partial charge in [0.05, 0.1) is 18.7 Å². The van der Waals surface area contributed by atoms with Crippen molar-refractivity contribution in [2.45, 2.75) is 20.0 Å². The average molecular weight is 480 g/mol. The van der Waals surface area contributed by atoms with Gasteiger partial charge in [0.2, 0.25) is 11.8 Å². The molecule has 0 spiro atoms. The zero-order valence-electron chi connectivity index (χ0n) is 19.0. The van der Waals surface area contributed by atoms with Crippen molar-refractivity contribution in [1.82, 2.24) is 5.43 Å². The van der Waals surface area contributed by atoms with Gasteiger partial charge >= 0.3 is 0 Å². The molecular formula is C26H26ClN3O4. The van der Waals surface area contributed by atoms with Crippen molar-refractivity contribution in [3.63, 3.8) is 0 Å². The maximum Gasteiger partial charge on any atom is 0.243 e.